The third-order valence-corrected chi connectivity index (χ3v) is 2.31. The van der Waals surface area contributed by atoms with Gasteiger partial charge in [0.25, 0.3) is 0 Å². The first-order chi connectivity index (χ1) is 7.77. The number of hydrogen-bond donors (Lipinski definition) is 1. The summed E-state index contributed by atoms with van der Waals surface area (Å²) in [6, 6.07) is 3.93. The van der Waals surface area contributed by atoms with Gasteiger partial charge >= 0.3 is 0 Å². The first kappa shape index (κ1) is 13.3. The van der Waals surface area contributed by atoms with E-state index in [9.17, 15) is 0 Å². The van der Waals surface area contributed by atoms with Gasteiger partial charge in [-0.25, -0.2) is 0 Å². The molecule has 0 bridgehead atoms. The van der Waals surface area contributed by atoms with Crippen LogP contribution in [0.25, 0.3) is 0 Å². The molecule has 0 saturated heterocycles. The lowest BCUT2D eigenvalue weighted by Gasteiger charge is -2.10. The van der Waals surface area contributed by atoms with Crippen LogP contribution in [-0.4, -0.2) is 30.6 Å². The molecule has 0 aromatic carbocycles. The highest BCUT2D eigenvalue weighted by Gasteiger charge is 2.03. The van der Waals surface area contributed by atoms with E-state index in [0.29, 0.717) is 19.8 Å². The fourth-order valence-corrected chi connectivity index (χ4v) is 1.49. The fraction of sp³-hybridized carbons (Fsp3) is 0.583. The smallest absolute Gasteiger partial charge is 0.140 e. The molecule has 0 fully saturated rings. The molecule has 0 amide bonds. The molecule has 0 N–H and O–H groups in total. The minimum absolute atomic E-state index is 0.561. The number of hydrogen-bond acceptors (Lipinski definition) is 4. The second-order valence-corrected chi connectivity index (χ2v) is 3.88. The number of pyridine rings is 1. The van der Waals surface area contributed by atoms with Crippen LogP contribution in [0.3, 0.4) is 0 Å². The second-order valence-electron chi connectivity index (χ2n) is 3.44. The molecular weight excluding hydrogens is 222 g/mol. The van der Waals surface area contributed by atoms with Crippen LogP contribution in [0.1, 0.15) is 18.3 Å². The van der Waals surface area contributed by atoms with E-state index in [1.165, 1.54) is 0 Å². The molecule has 1 rings (SSSR count). The predicted octanol–water partition coefficient (Wildman–Crippen LogP) is 2.28. The molecule has 90 valence electrons. The third-order valence-electron chi connectivity index (χ3n) is 2.13. The molecule has 1 aromatic rings. The number of aryl methyl sites for hydroxylation is 2. The molecule has 0 aliphatic heterocycles. The molecule has 0 radical (unpaired) electrons. The molecule has 0 unspecified atom stereocenters. The van der Waals surface area contributed by atoms with Crippen molar-refractivity contribution in [3.8, 4) is 5.75 Å². The normalized spacial score (nSPS) is 10.4. The van der Waals surface area contributed by atoms with Gasteiger partial charge in [-0.05, 0) is 25.5 Å². The summed E-state index contributed by atoms with van der Waals surface area (Å²) in [5.41, 5.74) is 2.03. The van der Waals surface area contributed by atoms with Crippen molar-refractivity contribution in [2.45, 2.75) is 20.3 Å². The minimum Gasteiger partial charge on any atom is -0.489 e. The van der Waals surface area contributed by atoms with Gasteiger partial charge in [-0.15, -0.1) is 0 Å². The maximum atomic E-state index is 5.62. The van der Waals surface area contributed by atoms with Crippen LogP contribution in [0.2, 0.25) is 0 Å². The van der Waals surface area contributed by atoms with Crippen molar-refractivity contribution in [2.75, 3.05) is 25.6 Å². The van der Waals surface area contributed by atoms with E-state index in [2.05, 4.69) is 24.5 Å². The fourth-order valence-electron chi connectivity index (χ4n) is 1.36. The molecule has 3 nitrogen and oxygen atoms in total. The second kappa shape index (κ2) is 7.52. The van der Waals surface area contributed by atoms with Gasteiger partial charge in [-0.2, -0.15) is 12.6 Å². The molecule has 1 heterocycles. The highest BCUT2D eigenvalue weighted by atomic mass is 32.1. The van der Waals surface area contributed by atoms with Crippen molar-refractivity contribution in [3.05, 3.63) is 23.5 Å². The number of aromatic nitrogens is 1. The van der Waals surface area contributed by atoms with Gasteiger partial charge in [0.1, 0.15) is 12.4 Å². The number of ether oxygens (including phenoxy) is 2. The van der Waals surface area contributed by atoms with Crippen LogP contribution < -0.4 is 4.74 Å². The molecule has 16 heavy (non-hydrogen) atoms. The summed E-state index contributed by atoms with van der Waals surface area (Å²) in [7, 11) is 0. The summed E-state index contributed by atoms with van der Waals surface area (Å²) >= 11 is 4.06. The largest absolute Gasteiger partial charge is 0.489 e. The van der Waals surface area contributed by atoms with E-state index in [-0.39, 0.29) is 0 Å². The summed E-state index contributed by atoms with van der Waals surface area (Å²) < 4.78 is 10.9. The van der Waals surface area contributed by atoms with Crippen molar-refractivity contribution in [1.82, 2.24) is 4.98 Å². The molecule has 0 spiro atoms. The lowest BCUT2D eigenvalue weighted by molar-refractivity contribution is 0.111. The molecule has 4 heteroatoms. The zero-order valence-corrected chi connectivity index (χ0v) is 10.8. The molecule has 0 aliphatic rings. The van der Waals surface area contributed by atoms with Crippen LogP contribution >= 0.6 is 12.6 Å². The Hall–Kier alpha value is -0.740. The first-order valence-electron chi connectivity index (χ1n) is 5.55. The van der Waals surface area contributed by atoms with Gasteiger partial charge < -0.3 is 9.47 Å². The van der Waals surface area contributed by atoms with Gasteiger partial charge in [0.15, 0.2) is 0 Å². The van der Waals surface area contributed by atoms with Crippen LogP contribution in [0.5, 0.6) is 5.75 Å². The molecule has 0 saturated carbocycles. The lowest BCUT2D eigenvalue weighted by Crippen LogP contribution is -2.09. The summed E-state index contributed by atoms with van der Waals surface area (Å²) in [6.07, 6.45) is 0.883. The van der Waals surface area contributed by atoms with Gasteiger partial charge in [-0.3, -0.25) is 4.98 Å². The van der Waals surface area contributed by atoms with Crippen molar-refractivity contribution >= 4 is 12.6 Å². The summed E-state index contributed by atoms with van der Waals surface area (Å²) in [6.45, 7) is 5.88. The maximum Gasteiger partial charge on any atom is 0.140 e. The van der Waals surface area contributed by atoms with Crippen LogP contribution in [-0.2, 0) is 11.2 Å². The summed E-state index contributed by atoms with van der Waals surface area (Å²) in [5.74, 6) is 1.61. The SMILES string of the molecule is CCc1nc(C)ccc1OCCOCCS. The predicted molar refractivity (Wildman–Crippen MR) is 68.5 cm³/mol. The van der Waals surface area contributed by atoms with Gasteiger partial charge in [-0.1, -0.05) is 6.92 Å². The van der Waals surface area contributed by atoms with Crippen LogP contribution in [0.4, 0.5) is 0 Å². The summed E-state index contributed by atoms with van der Waals surface area (Å²) in [5, 5.41) is 0. The third kappa shape index (κ3) is 4.41. The van der Waals surface area contributed by atoms with E-state index in [1.807, 2.05) is 19.1 Å². The number of nitrogens with zero attached hydrogens (tertiary/aromatic N) is 1. The van der Waals surface area contributed by atoms with Crippen molar-refractivity contribution < 1.29 is 9.47 Å². The van der Waals surface area contributed by atoms with Gasteiger partial charge in [0.05, 0.1) is 18.9 Å². The Morgan fingerprint density at radius 2 is 2.06 bits per heavy atom. The van der Waals surface area contributed by atoms with Gasteiger partial charge in [0, 0.05) is 11.4 Å². The van der Waals surface area contributed by atoms with E-state index in [1.54, 1.807) is 0 Å². The standard InChI is InChI=1S/C12H19NO2S/c1-3-11-12(5-4-10(2)13-11)15-7-6-14-8-9-16/h4-5,16H,3,6-9H2,1-2H3. The minimum atomic E-state index is 0.561. The Morgan fingerprint density at radius 1 is 1.25 bits per heavy atom. The molecule has 0 aliphatic carbocycles. The van der Waals surface area contributed by atoms with Gasteiger partial charge in [0.2, 0.25) is 0 Å². The average Bonchev–Trinajstić information content (AvgIpc) is 2.30. The topological polar surface area (TPSA) is 31.4 Å². The average molecular weight is 241 g/mol. The number of thiol groups is 1. The molecule has 0 atom stereocenters. The first-order valence-corrected chi connectivity index (χ1v) is 6.19. The summed E-state index contributed by atoms with van der Waals surface area (Å²) in [4.78, 5) is 4.43. The van der Waals surface area contributed by atoms with E-state index >= 15 is 0 Å². The lowest BCUT2D eigenvalue weighted by atomic mass is 10.2. The maximum absolute atomic E-state index is 5.62. The monoisotopic (exact) mass is 241 g/mol. The zero-order chi connectivity index (χ0) is 11.8. The Morgan fingerprint density at radius 3 is 2.75 bits per heavy atom. The van der Waals surface area contributed by atoms with Crippen LogP contribution in [0.15, 0.2) is 12.1 Å². The Balaban J connectivity index is 2.41. The molecule has 1 aromatic heterocycles. The van der Waals surface area contributed by atoms with Crippen molar-refractivity contribution in [1.29, 1.82) is 0 Å². The Labute approximate surface area is 103 Å². The van der Waals surface area contributed by atoms with Crippen molar-refractivity contribution in [3.63, 3.8) is 0 Å². The van der Waals surface area contributed by atoms with E-state index < -0.39 is 0 Å². The van der Waals surface area contributed by atoms with E-state index in [0.717, 1.165) is 29.3 Å². The zero-order valence-electron chi connectivity index (χ0n) is 9.90. The Kier molecular flexibility index (Phi) is 6.26. The van der Waals surface area contributed by atoms with Crippen molar-refractivity contribution in [2.24, 2.45) is 0 Å². The molecular formula is C12H19NO2S. The van der Waals surface area contributed by atoms with E-state index in [4.69, 9.17) is 9.47 Å². The highest BCUT2D eigenvalue weighted by Crippen LogP contribution is 2.17. The quantitative estimate of drug-likeness (QED) is 0.587. The highest BCUT2D eigenvalue weighted by molar-refractivity contribution is 7.80. The number of rotatable bonds is 7. The van der Waals surface area contributed by atoms with Crippen LogP contribution in [0, 0.1) is 6.92 Å². The Bertz CT molecular complexity index is 318.